The van der Waals surface area contributed by atoms with E-state index in [-0.39, 0.29) is 11.7 Å². The third kappa shape index (κ3) is 2.83. The molecular weight excluding hydrogens is 302 g/mol. The molecule has 0 amide bonds. The summed E-state index contributed by atoms with van der Waals surface area (Å²) in [6.45, 7) is 6.52. The molecular formula is C19H23N3O2. The van der Waals surface area contributed by atoms with Crippen LogP contribution in [-0.4, -0.2) is 28.8 Å². The Bertz CT molecular complexity index is 731. The Hall–Kier alpha value is -2.17. The van der Waals surface area contributed by atoms with Gasteiger partial charge in [0.25, 0.3) is 0 Å². The number of anilines is 1. The Morgan fingerprint density at radius 1 is 1.21 bits per heavy atom. The van der Waals surface area contributed by atoms with Gasteiger partial charge in [-0.2, -0.15) is 0 Å². The minimum atomic E-state index is 0.0851. The summed E-state index contributed by atoms with van der Waals surface area (Å²) < 4.78 is 5.50. The topological polar surface area (TPSA) is 59.2 Å². The van der Waals surface area contributed by atoms with Crippen LogP contribution in [0.25, 0.3) is 0 Å². The maximum absolute atomic E-state index is 12.4. The van der Waals surface area contributed by atoms with Crippen LogP contribution in [0.3, 0.4) is 0 Å². The van der Waals surface area contributed by atoms with Gasteiger partial charge in [0.2, 0.25) is 5.95 Å². The van der Waals surface area contributed by atoms with E-state index in [4.69, 9.17) is 9.40 Å². The van der Waals surface area contributed by atoms with Gasteiger partial charge in [0.1, 0.15) is 5.76 Å². The number of hydrogen-bond donors (Lipinski definition) is 0. The smallest absolute Gasteiger partial charge is 0.225 e. The number of Topliss-reactive ketones (excluding diaryl/α,β-unsaturated/α-hetero) is 1. The highest BCUT2D eigenvalue weighted by molar-refractivity contribution is 5.98. The molecule has 1 saturated heterocycles. The van der Waals surface area contributed by atoms with Gasteiger partial charge in [-0.25, -0.2) is 9.97 Å². The molecule has 24 heavy (non-hydrogen) atoms. The lowest BCUT2D eigenvalue weighted by Gasteiger charge is -2.35. The monoisotopic (exact) mass is 325 g/mol. The van der Waals surface area contributed by atoms with E-state index in [1.54, 1.807) is 12.5 Å². The highest BCUT2D eigenvalue weighted by Gasteiger charge is 2.31. The summed E-state index contributed by atoms with van der Waals surface area (Å²) in [6.07, 6.45) is 5.85. The number of hydrogen-bond acceptors (Lipinski definition) is 5. The highest BCUT2D eigenvalue weighted by Crippen LogP contribution is 2.33. The summed E-state index contributed by atoms with van der Waals surface area (Å²) in [7, 11) is 0. The van der Waals surface area contributed by atoms with E-state index >= 15 is 0 Å². The van der Waals surface area contributed by atoms with Crippen molar-refractivity contribution in [2.45, 2.75) is 39.0 Å². The first-order valence-corrected chi connectivity index (χ1v) is 8.77. The molecule has 1 aliphatic heterocycles. The Morgan fingerprint density at radius 3 is 2.71 bits per heavy atom. The van der Waals surface area contributed by atoms with E-state index in [0.29, 0.717) is 23.8 Å². The Balaban J connectivity index is 1.62. The molecule has 2 aromatic heterocycles. The normalized spacial score (nSPS) is 27.2. The molecule has 0 saturated carbocycles. The predicted molar refractivity (Wildman–Crippen MR) is 91.3 cm³/mol. The minimum absolute atomic E-state index is 0.0851. The largest absolute Gasteiger partial charge is 0.469 e. The van der Waals surface area contributed by atoms with Crippen LogP contribution in [0, 0.1) is 11.8 Å². The van der Waals surface area contributed by atoms with Crippen molar-refractivity contribution in [3.63, 3.8) is 0 Å². The molecule has 5 heteroatoms. The van der Waals surface area contributed by atoms with Crippen molar-refractivity contribution in [1.29, 1.82) is 0 Å². The number of carbonyl (C=O) groups excluding carboxylic acids is 1. The summed E-state index contributed by atoms with van der Waals surface area (Å²) in [4.78, 5) is 24.0. The SMILES string of the molecule is C[C@H]1C[C@H](C)CN(c2ncc3c(n2)C[C@@H](c2ccco2)CC3=O)C1. The average molecular weight is 325 g/mol. The van der Waals surface area contributed by atoms with Crippen molar-refractivity contribution in [2.75, 3.05) is 18.0 Å². The molecule has 0 N–H and O–H groups in total. The summed E-state index contributed by atoms with van der Waals surface area (Å²) in [6, 6.07) is 3.82. The lowest BCUT2D eigenvalue weighted by molar-refractivity contribution is 0.0958. The van der Waals surface area contributed by atoms with Gasteiger partial charge >= 0.3 is 0 Å². The van der Waals surface area contributed by atoms with Crippen LogP contribution in [-0.2, 0) is 6.42 Å². The van der Waals surface area contributed by atoms with Crippen molar-refractivity contribution in [3.8, 4) is 0 Å². The summed E-state index contributed by atoms with van der Waals surface area (Å²) in [5, 5.41) is 0. The molecule has 1 aliphatic carbocycles. The number of fused-ring (bicyclic) bond motifs is 1. The van der Waals surface area contributed by atoms with Gasteiger partial charge in [-0.05, 0) is 30.4 Å². The number of aromatic nitrogens is 2. The van der Waals surface area contributed by atoms with Crippen molar-refractivity contribution < 1.29 is 9.21 Å². The number of piperidine rings is 1. The maximum Gasteiger partial charge on any atom is 0.225 e. The fraction of sp³-hybridized carbons (Fsp3) is 0.526. The van der Waals surface area contributed by atoms with Crippen molar-refractivity contribution in [2.24, 2.45) is 11.8 Å². The predicted octanol–water partition coefficient (Wildman–Crippen LogP) is 3.46. The molecule has 5 nitrogen and oxygen atoms in total. The summed E-state index contributed by atoms with van der Waals surface area (Å²) in [5.41, 5.74) is 1.54. The maximum atomic E-state index is 12.4. The Kier molecular flexibility index (Phi) is 3.87. The van der Waals surface area contributed by atoms with Gasteiger partial charge in [0.05, 0.1) is 17.5 Å². The molecule has 4 rings (SSSR count). The van der Waals surface area contributed by atoms with Crippen LogP contribution in [0.2, 0.25) is 0 Å². The second-order valence-electron chi connectivity index (χ2n) is 7.43. The van der Waals surface area contributed by atoms with E-state index < -0.39 is 0 Å². The average Bonchev–Trinajstić information content (AvgIpc) is 3.08. The van der Waals surface area contributed by atoms with E-state index in [1.165, 1.54) is 6.42 Å². The number of ketones is 1. The molecule has 0 spiro atoms. The fourth-order valence-electron chi connectivity index (χ4n) is 4.14. The first-order chi connectivity index (χ1) is 11.6. The second kappa shape index (κ2) is 6.04. The molecule has 0 radical (unpaired) electrons. The Labute approximate surface area is 142 Å². The lowest BCUT2D eigenvalue weighted by Crippen LogP contribution is -2.40. The van der Waals surface area contributed by atoms with Crippen molar-refractivity contribution in [1.82, 2.24) is 9.97 Å². The number of furan rings is 1. The van der Waals surface area contributed by atoms with Gasteiger partial charge in [0.15, 0.2) is 5.78 Å². The van der Waals surface area contributed by atoms with Gasteiger partial charge in [0, 0.05) is 38.0 Å². The van der Waals surface area contributed by atoms with E-state index in [1.807, 2.05) is 12.1 Å². The van der Waals surface area contributed by atoms with Crippen molar-refractivity contribution >= 4 is 11.7 Å². The molecule has 126 valence electrons. The number of nitrogens with zero attached hydrogens (tertiary/aromatic N) is 3. The highest BCUT2D eigenvalue weighted by atomic mass is 16.3. The quantitative estimate of drug-likeness (QED) is 0.846. The van der Waals surface area contributed by atoms with Gasteiger partial charge in [-0.15, -0.1) is 0 Å². The summed E-state index contributed by atoms with van der Waals surface area (Å²) in [5.74, 6) is 3.12. The van der Waals surface area contributed by atoms with Crippen LogP contribution < -0.4 is 4.90 Å². The first-order valence-electron chi connectivity index (χ1n) is 8.77. The molecule has 0 unspecified atom stereocenters. The summed E-state index contributed by atoms with van der Waals surface area (Å²) >= 11 is 0. The molecule has 0 bridgehead atoms. The molecule has 2 aliphatic rings. The molecule has 3 heterocycles. The van der Waals surface area contributed by atoms with Crippen LogP contribution in [0.5, 0.6) is 0 Å². The number of rotatable bonds is 2. The van der Waals surface area contributed by atoms with Crippen LogP contribution in [0.15, 0.2) is 29.0 Å². The Morgan fingerprint density at radius 2 is 2.00 bits per heavy atom. The zero-order chi connectivity index (χ0) is 16.7. The standard InChI is InChI=1S/C19H23N3O2/c1-12-6-13(2)11-22(10-12)19-20-9-15-16(21-19)7-14(8-17(15)23)18-4-3-5-24-18/h3-5,9,12-14H,6-8,10-11H2,1-2H3/t12-,13-,14+/m0/s1. The number of carbonyl (C=O) groups is 1. The van der Waals surface area contributed by atoms with E-state index in [0.717, 1.165) is 36.9 Å². The zero-order valence-electron chi connectivity index (χ0n) is 14.2. The van der Waals surface area contributed by atoms with Crippen LogP contribution in [0.1, 0.15) is 54.4 Å². The van der Waals surface area contributed by atoms with Gasteiger partial charge in [-0.3, -0.25) is 4.79 Å². The molecule has 2 aromatic rings. The fourth-order valence-corrected chi connectivity index (χ4v) is 4.14. The molecule has 3 atom stereocenters. The van der Waals surface area contributed by atoms with E-state index in [2.05, 4.69) is 23.7 Å². The second-order valence-corrected chi connectivity index (χ2v) is 7.43. The van der Waals surface area contributed by atoms with E-state index in [9.17, 15) is 4.79 Å². The minimum Gasteiger partial charge on any atom is -0.469 e. The van der Waals surface area contributed by atoms with Crippen LogP contribution >= 0.6 is 0 Å². The third-order valence-corrected chi connectivity index (χ3v) is 5.12. The van der Waals surface area contributed by atoms with Gasteiger partial charge < -0.3 is 9.32 Å². The first kappa shape index (κ1) is 15.4. The molecule has 0 aromatic carbocycles. The lowest BCUT2D eigenvalue weighted by atomic mass is 9.85. The van der Waals surface area contributed by atoms with Crippen molar-refractivity contribution in [3.05, 3.63) is 41.6 Å². The third-order valence-electron chi connectivity index (χ3n) is 5.12. The van der Waals surface area contributed by atoms with Crippen LogP contribution in [0.4, 0.5) is 5.95 Å². The van der Waals surface area contributed by atoms with Gasteiger partial charge in [-0.1, -0.05) is 13.8 Å². The zero-order valence-corrected chi connectivity index (χ0v) is 14.2. The molecule has 1 fully saturated rings.